The number of nitrogens with one attached hydrogen (secondary N) is 1. The number of ether oxygens (including phenoxy) is 3. The van der Waals surface area contributed by atoms with Crippen molar-refractivity contribution in [3.05, 3.63) is 23.8 Å². The van der Waals surface area contributed by atoms with Crippen molar-refractivity contribution in [2.45, 2.75) is 38.8 Å². The van der Waals surface area contributed by atoms with Gasteiger partial charge in [0.15, 0.2) is 11.5 Å². The third-order valence-electron chi connectivity index (χ3n) is 3.44. The minimum absolute atomic E-state index is 0.151. The van der Waals surface area contributed by atoms with Crippen molar-refractivity contribution < 1.29 is 14.2 Å². The van der Waals surface area contributed by atoms with Crippen molar-refractivity contribution in [2.75, 3.05) is 27.9 Å². The molecule has 2 unspecified atom stereocenters. The Morgan fingerprint density at radius 1 is 1.05 bits per heavy atom. The Hall–Kier alpha value is -1.26. The van der Waals surface area contributed by atoms with Gasteiger partial charge < -0.3 is 19.5 Å². The fraction of sp³-hybridized carbons (Fsp3) is 0.625. The lowest BCUT2D eigenvalue weighted by Gasteiger charge is -2.27. The number of hydrogen-bond acceptors (Lipinski definition) is 4. The topological polar surface area (TPSA) is 39.7 Å². The van der Waals surface area contributed by atoms with Gasteiger partial charge in [-0.25, -0.2) is 0 Å². The fourth-order valence-corrected chi connectivity index (χ4v) is 2.44. The molecule has 0 amide bonds. The first-order chi connectivity index (χ1) is 9.71. The third-order valence-corrected chi connectivity index (χ3v) is 3.44. The summed E-state index contributed by atoms with van der Waals surface area (Å²) in [6, 6.07) is 6.19. The van der Waals surface area contributed by atoms with Crippen LogP contribution in [0.5, 0.6) is 11.5 Å². The summed E-state index contributed by atoms with van der Waals surface area (Å²) >= 11 is 0. The van der Waals surface area contributed by atoms with Crippen molar-refractivity contribution in [2.24, 2.45) is 0 Å². The highest BCUT2D eigenvalue weighted by Crippen LogP contribution is 2.32. The molecule has 0 heterocycles. The van der Waals surface area contributed by atoms with Crippen LogP contribution in [0.2, 0.25) is 0 Å². The Morgan fingerprint density at radius 2 is 1.75 bits per heavy atom. The van der Waals surface area contributed by atoms with Gasteiger partial charge in [-0.3, -0.25) is 0 Å². The Labute approximate surface area is 122 Å². The lowest BCUT2D eigenvalue weighted by atomic mass is 9.97. The van der Waals surface area contributed by atoms with Crippen LogP contribution in [0.4, 0.5) is 0 Å². The molecular weight excluding hydrogens is 254 g/mol. The van der Waals surface area contributed by atoms with Gasteiger partial charge in [-0.15, -0.1) is 0 Å². The molecule has 0 spiro atoms. The Bertz CT molecular complexity index is 395. The second kappa shape index (κ2) is 8.82. The average Bonchev–Trinajstić information content (AvgIpc) is 2.50. The summed E-state index contributed by atoms with van der Waals surface area (Å²) in [7, 11) is 5.07. The molecule has 1 N–H and O–H groups in total. The summed E-state index contributed by atoms with van der Waals surface area (Å²) in [5, 5.41) is 3.50. The lowest BCUT2D eigenvalue weighted by Crippen LogP contribution is -2.33. The van der Waals surface area contributed by atoms with Crippen molar-refractivity contribution in [1.29, 1.82) is 0 Å². The standard InChI is InChI=1S/C16H27NO3/c1-6-8-14(19-4)16(17-7-2)12-9-10-13(18-3)15(11-12)20-5/h9-11,14,16-17H,6-8H2,1-5H3. The maximum Gasteiger partial charge on any atom is 0.161 e. The smallest absolute Gasteiger partial charge is 0.161 e. The third kappa shape index (κ3) is 4.12. The summed E-state index contributed by atoms with van der Waals surface area (Å²) in [6.45, 7) is 5.17. The van der Waals surface area contributed by atoms with Crippen molar-refractivity contribution in [1.82, 2.24) is 5.32 Å². The van der Waals surface area contributed by atoms with E-state index >= 15 is 0 Å². The summed E-state index contributed by atoms with van der Waals surface area (Å²) in [5.74, 6) is 1.50. The minimum Gasteiger partial charge on any atom is -0.493 e. The first kappa shape index (κ1) is 16.8. The average molecular weight is 281 g/mol. The van der Waals surface area contributed by atoms with Crippen LogP contribution in [-0.4, -0.2) is 34.0 Å². The molecule has 0 radical (unpaired) electrons. The van der Waals surface area contributed by atoms with E-state index < -0.39 is 0 Å². The van der Waals surface area contributed by atoms with Gasteiger partial charge in [-0.05, 0) is 30.7 Å². The van der Waals surface area contributed by atoms with Crippen LogP contribution in [0.15, 0.2) is 18.2 Å². The first-order valence-corrected chi connectivity index (χ1v) is 7.19. The molecule has 1 rings (SSSR count). The highest BCUT2D eigenvalue weighted by Gasteiger charge is 2.22. The van der Waals surface area contributed by atoms with Crippen LogP contribution < -0.4 is 14.8 Å². The lowest BCUT2D eigenvalue weighted by molar-refractivity contribution is 0.0610. The van der Waals surface area contributed by atoms with E-state index in [1.807, 2.05) is 12.1 Å². The molecule has 0 fully saturated rings. The molecule has 1 aromatic carbocycles. The van der Waals surface area contributed by atoms with Crippen molar-refractivity contribution in [3.8, 4) is 11.5 Å². The van der Waals surface area contributed by atoms with Gasteiger partial charge in [0.2, 0.25) is 0 Å². The van der Waals surface area contributed by atoms with Crippen molar-refractivity contribution >= 4 is 0 Å². The van der Waals surface area contributed by atoms with Gasteiger partial charge in [0.05, 0.1) is 26.4 Å². The molecule has 0 aromatic heterocycles. The molecule has 0 saturated heterocycles. The molecule has 0 aliphatic rings. The molecule has 4 heteroatoms. The monoisotopic (exact) mass is 281 g/mol. The molecule has 2 atom stereocenters. The molecular formula is C16H27NO3. The largest absolute Gasteiger partial charge is 0.493 e. The summed E-state index contributed by atoms with van der Waals surface area (Å²) in [5.41, 5.74) is 1.16. The molecule has 0 saturated carbocycles. The van der Waals surface area contributed by atoms with E-state index in [9.17, 15) is 0 Å². The normalized spacial score (nSPS) is 13.8. The molecule has 1 aromatic rings. The SMILES string of the molecule is CCCC(OC)C(NCC)c1ccc(OC)c(OC)c1. The zero-order valence-electron chi connectivity index (χ0n) is 13.2. The van der Waals surface area contributed by atoms with E-state index in [4.69, 9.17) is 14.2 Å². The highest BCUT2D eigenvalue weighted by molar-refractivity contribution is 5.44. The van der Waals surface area contributed by atoms with Gasteiger partial charge >= 0.3 is 0 Å². The van der Waals surface area contributed by atoms with Crippen molar-refractivity contribution in [3.63, 3.8) is 0 Å². The second-order valence-electron chi connectivity index (χ2n) is 4.71. The first-order valence-electron chi connectivity index (χ1n) is 7.19. The van der Waals surface area contributed by atoms with E-state index in [0.29, 0.717) is 0 Å². The van der Waals surface area contributed by atoms with Gasteiger partial charge in [-0.2, -0.15) is 0 Å². The molecule has 4 nitrogen and oxygen atoms in total. The zero-order valence-corrected chi connectivity index (χ0v) is 13.2. The Morgan fingerprint density at radius 3 is 2.25 bits per heavy atom. The number of hydrogen-bond donors (Lipinski definition) is 1. The maximum absolute atomic E-state index is 5.66. The number of rotatable bonds is 9. The second-order valence-corrected chi connectivity index (χ2v) is 4.71. The van der Waals surface area contributed by atoms with Crippen LogP contribution in [0.25, 0.3) is 0 Å². The molecule has 0 aliphatic carbocycles. The van der Waals surface area contributed by atoms with E-state index in [1.54, 1.807) is 21.3 Å². The summed E-state index contributed by atoms with van der Waals surface area (Å²) in [6.07, 6.45) is 2.26. The number of likely N-dealkylation sites (N-methyl/N-ethyl adjacent to an activating group) is 1. The van der Waals surface area contributed by atoms with E-state index in [-0.39, 0.29) is 12.1 Å². The predicted octanol–water partition coefficient (Wildman–Crippen LogP) is 3.17. The van der Waals surface area contributed by atoms with Crippen LogP contribution in [-0.2, 0) is 4.74 Å². The van der Waals surface area contributed by atoms with Crippen LogP contribution in [0.1, 0.15) is 38.3 Å². The molecule has 20 heavy (non-hydrogen) atoms. The van der Waals surface area contributed by atoms with Crippen LogP contribution >= 0.6 is 0 Å². The van der Waals surface area contributed by atoms with E-state index in [2.05, 4.69) is 25.2 Å². The van der Waals surface area contributed by atoms with Gasteiger partial charge in [0.25, 0.3) is 0 Å². The zero-order chi connectivity index (χ0) is 15.0. The Balaban J connectivity index is 3.07. The van der Waals surface area contributed by atoms with E-state index in [1.165, 1.54) is 0 Å². The molecule has 114 valence electrons. The maximum atomic E-state index is 5.66. The van der Waals surface area contributed by atoms with Gasteiger partial charge in [0.1, 0.15) is 0 Å². The predicted molar refractivity (Wildman–Crippen MR) is 81.7 cm³/mol. The van der Waals surface area contributed by atoms with Crippen LogP contribution in [0, 0.1) is 0 Å². The fourth-order valence-electron chi connectivity index (χ4n) is 2.44. The summed E-state index contributed by atoms with van der Waals surface area (Å²) in [4.78, 5) is 0. The Kier molecular flexibility index (Phi) is 7.41. The summed E-state index contributed by atoms with van der Waals surface area (Å²) < 4.78 is 16.3. The molecule has 0 bridgehead atoms. The number of methoxy groups -OCH3 is 3. The number of benzene rings is 1. The van der Waals surface area contributed by atoms with E-state index in [0.717, 1.165) is 36.4 Å². The highest BCUT2D eigenvalue weighted by atomic mass is 16.5. The van der Waals surface area contributed by atoms with Gasteiger partial charge in [0, 0.05) is 7.11 Å². The van der Waals surface area contributed by atoms with Gasteiger partial charge in [-0.1, -0.05) is 26.3 Å². The van der Waals surface area contributed by atoms with Crippen LogP contribution in [0.3, 0.4) is 0 Å². The molecule has 0 aliphatic heterocycles. The quantitative estimate of drug-likeness (QED) is 0.754. The minimum atomic E-state index is 0.151.